The van der Waals surface area contributed by atoms with E-state index in [1.54, 1.807) is 20.4 Å². The summed E-state index contributed by atoms with van der Waals surface area (Å²) < 4.78 is 11.5. The van der Waals surface area contributed by atoms with Crippen LogP contribution in [0, 0.1) is 0 Å². The third-order valence-electron chi connectivity index (χ3n) is 9.47. The predicted molar refractivity (Wildman–Crippen MR) is 184 cm³/mol. The quantitative estimate of drug-likeness (QED) is 0.193. The van der Waals surface area contributed by atoms with Crippen molar-refractivity contribution < 1.29 is 14.3 Å². The topological polar surface area (TPSA) is 102 Å². The molecule has 2 aromatic carbocycles. The number of hydrogen-bond donors (Lipinski definition) is 2. The fraction of sp³-hybridized carbons (Fsp3) is 0.389. The molecule has 0 bridgehead atoms. The number of benzene rings is 2. The number of carbonyl (C=O) groups is 1. The number of amides is 1. The Morgan fingerprint density at radius 3 is 2.21 bits per heavy atom. The summed E-state index contributed by atoms with van der Waals surface area (Å²) in [5.74, 6) is 1.22. The summed E-state index contributed by atoms with van der Waals surface area (Å²) in [4.78, 5) is 28.5. The normalized spacial score (nSPS) is 19.2. The van der Waals surface area contributed by atoms with E-state index in [2.05, 4.69) is 21.6 Å². The van der Waals surface area contributed by atoms with Gasteiger partial charge in [-0.2, -0.15) is 0 Å². The summed E-state index contributed by atoms with van der Waals surface area (Å²) in [7, 11) is 3.28. The van der Waals surface area contributed by atoms with Gasteiger partial charge in [0.1, 0.15) is 5.69 Å². The Kier molecular flexibility index (Phi) is 9.32. The van der Waals surface area contributed by atoms with Gasteiger partial charge in [-0.1, -0.05) is 59.6 Å². The second-order valence-corrected chi connectivity index (χ2v) is 13.2. The molecule has 0 saturated carbocycles. The van der Waals surface area contributed by atoms with Gasteiger partial charge in [0.05, 0.1) is 41.8 Å². The number of aromatic nitrogens is 3. The van der Waals surface area contributed by atoms with Crippen molar-refractivity contribution in [2.24, 2.45) is 0 Å². The summed E-state index contributed by atoms with van der Waals surface area (Å²) in [5.41, 5.74) is 7.58. The van der Waals surface area contributed by atoms with Gasteiger partial charge in [0.15, 0.2) is 0 Å². The van der Waals surface area contributed by atoms with Gasteiger partial charge in [0, 0.05) is 59.4 Å². The molecule has 1 aliphatic carbocycles. The van der Waals surface area contributed by atoms with Crippen LogP contribution >= 0.6 is 23.2 Å². The Bertz CT molecular complexity index is 1810. The molecule has 47 heavy (non-hydrogen) atoms. The number of hydrogen-bond acceptors (Lipinski definition) is 8. The maximum atomic E-state index is 11.6. The highest BCUT2D eigenvalue weighted by Gasteiger charge is 2.30. The van der Waals surface area contributed by atoms with Crippen molar-refractivity contribution in [3.05, 3.63) is 75.5 Å². The molecule has 0 spiro atoms. The Morgan fingerprint density at radius 1 is 0.894 bits per heavy atom. The van der Waals surface area contributed by atoms with Crippen molar-refractivity contribution in [2.75, 3.05) is 33.9 Å². The van der Waals surface area contributed by atoms with Crippen molar-refractivity contribution >= 4 is 29.1 Å². The second kappa shape index (κ2) is 13.8. The first kappa shape index (κ1) is 31.8. The zero-order valence-corrected chi connectivity index (χ0v) is 28.1. The van der Waals surface area contributed by atoms with Gasteiger partial charge in [0.25, 0.3) is 0 Å². The molecule has 2 N–H and O–H groups in total. The fourth-order valence-corrected chi connectivity index (χ4v) is 7.69. The number of rotatable bonds is 10. The van der Waals surface area contributed by atoms with E-state index in [1.165, 1.54) is 18.4 Å². The number of halogens is 2. The molecular formula is C36H38Cl2N6O3. The van der Waals surface area contributed by atoms with Crippen LogP contribution in [-0.4, -0.2) is 65.7 Å². The lowest BCUT2D eigenvalue weighted by Crippen LogP contribution is -2.36. The van der Waals surface area contributed by atoms with Crippen LogP contribution in [0.15, 0.2) is 48.7 Å². The molecule has 4 heterocycles. The highest BCUT2D eigenvalue weighted by molar-refractivity contribution is 6.39. The average Bonchev–Trinajstić information content (AvgIpc) is 3.86. The van der Waals surface area contributed by atoms with Gasteiger partial charge in [-0.05, 0) is 56.8 Å². The number of carbonyl (C=O) groups excluding carboxylic acids is 1. The molecular weight excluding hydrogens is 635 g/mol. The lowest BCUT2D eigenvalue weighted by atomic mass is 9.97. The minimum atomic E-state index is 0.110. The minimum Gasteiger partial charge on any atom is -0.481 e. The second-order valence-electron chi connectivity index (χ2n) is 12.4. The van der Waals surface area contributed by atoms with Crippen LogP contribution in [0.3, 0.4) is 0 Å². The molecule has 7 rings (SSSR count). The molecule has 2 aromatic heterocycles. The van der Waals surface area contributed by atoms with E-state index in [9.17, 15) is 4.79 Å². The van der Waals surface area contributed by atoms with E-state index in [4.69, 9.17) is 47.6 Å². The lowest BCUT2D eigenvalue weighted by molar-refractivity contribution is -0.119. The smallest absolute Gasteiger partial charge is 0.237 e. The van der Waals surface area contributed by atoms with Crippen LogP contribution in [0.2, 0.25) is 10.0 Å². The zero-order valence-electron chi connectivity index (χ0n) is 26.6. The van der Waals surface area contributed by atoms with Crippen LogP contribution < -0.4 is 20.1 Å². The molecule has 0 radical (unpaired) electrons. The van der Waals surface area contributed by atoms with E-state index in [0.717, 1.165) is 78.1 Å². The van der Waals surface area contributed by atoms with Crippen molar-refractivity contribution in [1.82, 2.24) is 30.5 Å². The van der Waals surface area contributed by atoms with E-state index in [0.29, 0.717) is 40.5 Å². The third kappa shape index (κ3) is 6.42. The van der Waals surface area contributed by atoms with Crippen molar-refractivity contribution in [1.29, 1.82) is 0 Å². The minimum absolute atomic E-state index is 0.110. The Hall–Kier alpha value is -3.76. The number of methoxy groups -OCH3 is 2. The third-order valence-corrected chi connectivity index (χ3v) is 10.3. The lowest BCUT2D eigenvalue weighted by Gasteiger charge is -2.20. The first-order valence-corrected chi connectivity index (χ1v) is 17.0. The predicted octanol–water partition coefficient (Wildman–Crippen LogP) is 6.65. The molecule has 2 fully saturated rings. The van der Waals surface area contributed by atoms with Gasteiger partial charge in [-0.25, -0.2) is 9.97 Å². The highest BCUT2D eigenvalue weighted by Crippen LogP contribution is 2.44. The summed E-state index contributed by atoms with van der Waals surface area (Å²) in [6.45, 7) is 3.56. The number of aryl methyl sites for hydroxylation is 1. The SMILES string of the molecule is COc1nc(-c2cccc(-c3cccc(-c4cc5c(c(OC)n4)[C@@H](NC[C@@H]4CCC(=O)N4)CC5)c3Cl)c2Cl)cnc1CN1CCCC1. The molecule has 244 valence electrons. The number of nitrogens with zero attached hydrogens (tertiary/aromatic N) is 4. The molecule has 2 atom stereocenters. The summed E-state index contributed by atoms with van der Waals surface area (Å²) in [6, 6.07) is 14.1. The standard InChI is InChI=1S/C36H38Cl2N6O3/c1-46-35-30(20-44-15-3-4-16-44)40-19-29(43-35)26-10-6-8-24(34(26)38)23-7-5-9-25(33(23)37)28-17-21-11-13-27(32(21)36(42-28)47-2)39-18-22-12-14-31(45)41-22/h5-10,17,19,22,27,39H,3-4,11-16,18,20H2,1-2H3,(H,41,45)/t22-,27-/m0/s1. The first-order valence-electron chi connectivity index (χ1n) is 16.2. The molecule has 3 aliphatic rings. The van der Waals surface area contributed by atoms with Crippen molar-refractivity contribution in [3.8, 4) is 45.4 Å². The van der Waals surface area contributed by atoms with E-state index >= 15 is 0 Å². The fourth-order valence-electron chi connectivity index (χ4n) is 7.05. The molecule has 4 aromatic rings. The van der Waals surface area contributed by atoms with E-state index < -0.39 is 0 Å². The average molecular weight is 674 g/mol. The van der Waals surface area contributed by atoms with Crippen LogP contribution in [0.25, 0.3) is 33.6 Å². The molecule has 0 unspecified atom stereocenters. The maximum absolute atomic E-state index is 11.6. The maximum Gasteiger partial charge on any atom is 0.237 e. The summed E-state index contributed by atoms with van der Waals surface area (Å²) in [5, 5.41) is 7.75. The molecule has 2 saturated heterocycles. The van der Waals surface area contributed by atoms with Crippen molar-refractivity contribution in [3.63, 3.8) is 0 Å². The Labute approximate surface area is 285 Å². The number of pyridine rings is 1. The van der Waals surface area contributed by atoms with Gasteiger partial charge >= 0.3 is 0 Å². The highest BCUT2D eigenvalue weighted by atomic mass is 35.5. The van der Waals surface area contributed by atoms with Crippen LogP contribution in [0.4, 0.5) is 0 Å². The van der Waals surface area contributed by atoms with Gasteiger partial charge in [-0.15, -0.1) is 0 Å². The summed E-state index contributed by atoms with van der Waals surface area (Å²) in [6.07, 6.45) is 7.45. The number of nitrogens with one attached hydrogen (secondary N) is 2. The molecule has 9 nitrogen and oxygen atoms in total. The van der Waals surface area contributed by atoms with Gasteiger partial charge in [-0.3, -0.25) is 14.7 Å². The van der Waals surface area contributed by atoms with E-state index in [-0.39, 0.29) is 18.0 Å². The summed E-state index contributed by atoms with van der Waals surface area (Å²) >= 11 is 14.3. The zero-order chi connectivity index (χ0) is 32.5. The van der Waals surface area contributed by atoms with Gasteiger partial charge in [0.2, 0.25) is 17.7 Å². The monoisotopic (exact) mass is 672 g/mol. The number of fused-ring (bicyclic) bond motifs is 1. The largest absolute Gasteiger partial charge is 0.481 e. The molecule has 1 amide bonds. The van der Waals surface area contributed by atoms with Crippen LogP contribution in [0.5, 0.6) is 11.8 Å². The number of ether oxygens (including phenoxy) is 2. The first-order chi connectivity index (χ1) is 22.9. The van der Waals surface area contributed by atoms with Crippen LogP contribution in [-0.2, 0) is 17.8 Å². The Balaban J connectivity index is 1.18. The van der Waals surface area contributed by atoms with Crippen LogP contribution in [0.1, 0.15) is 55.0 Å². The van der Waals surface area contributed by atoms with Gasteiger partial charge < -0.3 is 20.1 Å². The molecule has 11 heteroatoms. The van der Waals surface area contributed by atoms with Crippen molar-refractivity contribution in [2.45, 2.75) is 57.2 Å². The molecule has 2 aliphatic heterocycles. The van der Waals surface area contributed by atoms with E-state index in [1.807, 2.05) is 36.4 Å². The Morgan fingerprint density at radius 2 is 1.55 bits per heavy atom. The number of likely N-dealkylation sites (tertiary alicyclic amines) is 1.